The van der Waals surface area contributed by atoms with Gasteiger partial charge in [-0.05, 0) is 17.8 Å². The summed E-state index contributed by atoms with van der Waals surface area (Å²) in [4.78, 5) is 0. The van der Waals surface area contributed by atoms with Gasteiger partial charge in [0.25, 0.3) is 0 Å². The predicted octanol–water partition coefficient (Wildman–Crippen LogP) is 3.31. The Kier molecular flexibility index (Phi) is 5.19. The molecule has 0 N–H and O–H groups in total. The zero-order valence-corrected chi connectivity index (χ0v) is 9.61. The fraction of sp³-hybridized carbons (Fsp3) is 1.00. The third kappa shape index (κ3) is 4.32. The van der Waals surface area contributed by atoms with Crippen molar-refractivity contribution in [2.24, 2.45) is 11.3 Å². The van der Waals surface area contributed by atoms with Crippen molar-refractivity contribution in [3.05, 3.63) is 0 Å². The number of rotatable bonds is 5. The van der Waals surface area contributed by atoms with E-state index in [0.717, 1.165) is 6.42 Å². The second-order valence-electron chi connectivity index (χ2n) is 4.52. The average molecular weight is 193 g/mol. The highest BCUT2D eigenvalue weighted by atomic mass is 35.5. The van der Waals surface area contributed by atoms with Crippen molar-refractivity contribution in [3.63, 3.8) is 0 Å². The molecular weight excluding hydrogens is 172 g/mol. The van der Waals surface area contributed by atoms with Gasteiger partial charge >= 0.3 is 0 Å². The van der Waals surface area contributed by atoms with Crippen molar-refractivity contribution in [2.45, 2.75) is 40.2 Å². The van der Waals surface area contributed by atoms with Crippen molar-refractivity contribution >= 4 is 11.6 Å². The minimum absolute atomic E-state index is 0.187. The van der Waals surface area contributed by atoms with Crippen LogP contribution in [-0.2, 0) is 4.74 Å². The van der Waals surface area contributed by atoms with Crippen LogP contribution in [-0.4, -0.2) is 19.1 Å². The molecule has 0 fully saturated rings. The van der Waals surface area contributed by atoms with E-state index < -0.39 is 0 Å². The molecule has 1 nitrogen and oxygen atoms in total. The first-order chi connectivity index (χ1) is 5.43. The lowest BCUT2D eigenvalue weighted by atomic mass is 9.85. The van der Waals surface area contributed by atoms with Gasteiger partial charge in [-0.15, -0.1) is 11.6 Å². The van der Waals surface area contributed by atoms with E-state index in [1.54, 1.807) is 7.11 Å². The first kappa shape index (κ1) is 12.2. The highest BCUT2D eigenvalue weighted by Gasteiger charge is 2.24. The van der Waals surface area contributed by atoms with Gasteiger partial charge in [-0.3, -0.25) is 0 Å². The maximum Gasteiger partial charge on any atom is 0.0599 e. The van der Waals surface area contributed by atoms with Crippen LogP contribution in [0.4, 0.5) is 0 Å². The van der Waals surface area contributed by atoms with Gasteiger partial charge in [0.05, 0.1) is 6.10 Å². The molecule has 2 heteroatoms. The second kappa shape index (κ2) is 5.08. The third-order valence-corrected chi connectivity index (χ3v) is 2.89. The van der Waals surface area contributed by atoms with Crippen molar-refractivity contribution in [1.82, 2.24) is 0 Å². The van der Waals surface area contributed by atoms with Gasteiger partial charge in [0, 0.05) is 13.0 Å². The van der Waals surface area contributed by atoms with Crippen LogP contribution in [0.3, 0.4) is 0 Å². The first-order valence-corrected chi connectivity index (χ1v) is 5.05. The summed E-state index contributed by atoms with van der Waals surface area (Å²) >= 11 is 5.84. The molecule has 0 aromatic rings. The Labute approximate surface area is 81.4 Å². The summed E-state index contributed by atoms with van der Waals surface area (Å²) in [6.45, 7) is 8.71. The molecule has 0 aromatic heterocycles. The van der Waals surface area contributed by atoms with E-state index in [9.17, 15) is 0 Å². The minimum Gasteiger partial charge on any atom is -0.381 e. The SMILES string of the molecule is COC(CC(C)(C)CCl)C(C)C. The molecule has 0 amide bonds. The van der Waals surface area contributed by atoms with Gasteiger partial charge in [0.2, 0.25) is 0 Å². The van der Waals surface area contributed by atoms with Gasteiger partial charge in [0.15, 0.2) is 0 Å². The van der Waals surface area contributed by atoms with Crippen molar-refractivity contribution in [1.29, 1.82) is 0 Å². The predicted molar refractivity (Wildman–Crippen MR) is 54.8 cm³/mol. The van der Waals surface area contributed by atoms with Gasteiger partial charge in [-0.2, -0.15) is 0 Å². The zero-order valence-electron chi connectivity index (χ0n) is 8.86. The standard InChI is InChI=1S/C10H21ClO/c1-8(2)9(12-5)6-10(3,4)7-11/h8-9H,6-7H2,1-5H3. The molecule has 0 heterocycles. The van der Waals surface area contributed by atoms with Crippen molar-refractivity contribution in [2.75, 3.05) is 13.0 Å². The zero-order chi connectivity index (χ0) is 9.78. The fourth-order valence-electron chi connectivity index (χ4n) is 1.19. The molecule has 0 aliphatic carbocycles. The van der Waals surface area contributed by atoms with Gasteiger partial charge < -0.3 is 4.74 Å². The van der Waals surface area contributed by atoms with E-state index in [-0.39, 0.29) is 5.41 Å². The second-order valence-corrected chi connectivity index (χ2v) is 4.79. The average Bonchev–Trinajstić information content (AvgIpc) is 2.00. The van der Waals surface area contributed by atoms with Crippen LogP contribution in [0.15, 0.2) is 0 Å². The van der Waals surface area contributed by atoms with Gasteiger partial charge in [0.1, 0.15) is 0 Å². The van der Waals surface area contributed by atoms with E-state index in [2.05, 4.69) is 27.7 Å². The molecule has 0 radical (unpaired) electrons. The molecule has 0 aromatic carbocycles. The molecule has 0 spiro atoms. The molecule has 0 bridgehead atoms. The molecule has 0 aliphatic heterocycles. The molecule has 1 unspecified atom stereocenters. The largest absolute Gasteiger partial charge is 0.381 e. The van der Waals surface area contributed by atoms with Crippen LogP contribution in [0.25, 0.3) is 0 Å². The molecule has 0 aliphatic rings. The summed E-state index contributed by atoms with van der Waals surface area (Å²) in [5, 5.41) is 0. The highest BCUT2D eigenvalue weighted by Crippen LogP contribution is 2.27. The molecular formula is C10H21ClO. The Balaban J connectivity index is 4.01. The van der Waals surface area contributed by atoms with E-state index in [1.165, 1.54) is 0 Å². The Morgan fingerprint density at radius 1 is 1.33 bits per heavy atom. The number of hydrogen-bond acceptors (Lipinski definition) is 1. The Hall–Kier alpha value is 0.250. The quantitative estimate of drug-likeness (QED) is 0.608. The maximum atomic E-state index is 5.84. The molecule has 12 heavy (non-hydrogen) atoms. The van der Waals surface area contributed by atoms with Crippen LogP contribution in [0.5, 0.6) is 0 Å². The van der Waals surface area contributed by atoms with Crippen LogP contribution >= 0.6 is 11.6 Å². The summed E-state index contributed by atoms with van der Waals surface area (Å²) in [5.41, 5.74) is 0.187. The van der Waals surface area contributed by atoms with Crippen LogP contribution < -0.4 is 0 Å². The summed E-state index contributed by atoms with van der Waals surface area (Å²) in [5.74, 6) is 1.26. The number of halogens is 1. The Morgan fingerprint density at radius 3 is 2.08 bits per heavy atom. The van der Waals surface area contributed by atoms with E-state index in [0.29, 0.717) is 17.9 Å². The lowest BCUT2D eigenvalue weighted by molar-refractivity contribution is 0.0332. The first-order valence-electron chi connectivity index (χ1n) is 4.51. The Bertz CT molecular complexity index is 121. The lowest BCUT2D eigenvalue weighted by Gasteiger charge is -2.29. The number of ether oxygens (including phenoxy) is 1. The monoisotopic (exact) mass is 192 g/mol. The Morgan fingerprint density at radius 2 is 1.83 bits per heavy atom. The van der Waals surface area contributed by atoms with Gasteiger partial charge in [-0.1, -0.05) is 27.7 Å². The van der Waals surface area contributed by atoms with E-state index in [4.69, 9.17) is 16.3 Å². The molecule has 74 valence electrons. The lowest BCUT2D eigenvalue weighted by Crippen LogP contribution is -2.27. The molecule has 0 saturated carbocycles. The number of hydrogen-bond donors (Lipinski definition) is 0. The molecule has 1 atom stereocenters. The van der Waals surface area contributed by atoms with Crippen LogP contribution in [0, 0.1) is 11.3 Å². The van der Waals surface area contributed by atoms with Crippen molar-refractivity contribution in [3.8, 4) is 0 Å². The topological polar surface area (TPSA) is 9.23 Å². The maximum absolute atomic E-state index is 5.84. The number of methoxy groups -OCH3 is 1. The van der Waals surface area contributed by atoms with Crippen LogP contribution in [0.2, 0.25) is 0 Å². The summed E-state index contributed by atoms with van der Waals surface area (Å²) in [6.07, 6.45) is 1.36. The van der Waals surface area contributed by atoms with E-state index in [1.807, 2.05) is 0 Å². The number of alkyl halides is 1. The summed E-state index contributed by atoms with van der Waals surface area (Å²) in [6, 6.07) is 0. The molecule has 0 rings (SSSR count). The smallest absolute Gasteiger partial charge is 0.0599 e. The van der Waals surface area contributed by atoms with Crippen molar-refractivity contribution < 1.29 is 4.74 Å². The van der Waals surface area contributed by atoms with Gasteiger partial charge in [-0.25, -0.2) is 0 Å². The summed E-state index contributed by atoms with van der Waals surface area (Å²) < 4.78 is 5.39. The summed E-state index contributed by atoms with van der Waals surface area (Å²) in [7, 11) is 1.77. The third-order valence-electron chi connectivity index (χ3n) is 2.16. The minimum atomic E-state index is 0.187. The van der Waals surface area contributed by atoms with E-state index >= 15 is 0 Å². The normalized spacial score (nSPS) is 15.2. The van der Waals surface area contributed by atoms with Crippen LogP contribution in [0.1, 0.15) is 34.1 Å². The highest BCUT2D eigenvalue weighted by molar-refractivity contribution is 6.18. The fourth-order valence-corrected chi connectivity index (χ4v) is 1.30. The molecule has 0 saturated heterocycles.